The van der Waals surface area contributed by atoms with Gasteiger partial charge in [0.05, 0.1) is 0 Å². The molecule has 0 aliphatic carbocycles. The van der Waals surface area contributed by atoms with E-state index in [1.807, 2.05) is 21.0 Å². The summed E-state index contributed by atoms with van der Waals surface area (Å²) in [6.45, 7) is 1.97. The van der Waals surface area contributed by atoms with Gasteiger partial charge in [-0.15, -0.1) is 0 Å². The first-order chi connectivity index (χ1) is 10.5. The normalized spacial score (nSPS) is 12.0. The van der Waals surface area contributed by atoms with Gasteiger partial charge in [0.2, 0.25) is 0 Å². The Morgan fingerprint density at radius 1 is 1.09 bits per heavy atom. The second-order valence-electron chi connectivity index (χ2n) is 6.05. The number of rotatable bonds is 6. The van der Waals surface area contributed by atoms with E-state index in [4.69, 9.17) is 5.11 Å². The van der Waals surface area contributed by atoms with Crippen LogP contribution < -0.4 is 4.90 Å². The van der Waals surface area contributed by atoms with Crippen LogP contribution in [0.15, 0.2) is 48.5 Å². The van der Waals surface area contributed by atoms with Crippen molar-refractivity contribution in [1.82, 2.24) is 0 Å². The Morgan fingerprint density at radius 2 is 1.77 bits per heavy atom. The van der Waals surface area contributed by atoms with E-state index in [9.17, 15) is 4.79 Å². The zero-order chi connectivity index (χ0) is 16.1. The molecule has 22 heavy (non-hydrogen) atoms. The molecule has 2 aromatic rings. The van der Waals surface area contributed by atoms with Crippen molar-refractivity contribution in [2.75, 3.05) is 19.0 Å². The Morgan fingerprint density at radius 3 is 2.36 bits per heavy atom. The fourth-order valence-electron chi connectivity index (χ4n) is 2.57. The number of carboxylic acid groups (broad SMARTS) is 1. The maximum Gasteiger partial charge on any atom is 0.303 e. The molecule has 2 aromatic carbocycles. The maximum absolute atomic E-state index is 10.7. The summed E-state index contributed by atoms with van der Waals surface area (Å²) < 4.78 is 0. The van der Waals surface area contributed by atoms with Crippen molar-refractivity contribution in [1.29, 1.82) is 0 Å². The Kier molecular flexibility index (Phi) is 5.21. The third-order valence-electron chi connectivity index (χ3n) is 3.76. The maximum atomic E-state index is 10.7. The Bertz CT molecular complexity index is 632. The molecule has 1 unspecified atom stereocenters. The van der Waals surface area contributed by atoms with Gasteiger partial charge in [0.1, 0.15) is 0 Å². The van der Waals surface area contributed by atoms with Crippen LogP contribution in [-0.4, -0.2) is 25.2 Å². The molecule has 0 aliphatic rings. The molecule has 1 N–H and O–H groups in total. The highest BCUT2D eigenvalue weighted by Gasteiger charge is 2.08. The minimum absolute atomic E-state index is 0.153. The lowest BCUT2D eigenvalue weighted by Gasteiger charge is -2.14. The van der Waals surface area contributed by atoms with E-state index < -0.39 is 5.97 Å². The summed E-state index contributed by atoms with van der Waals surface area (Å²) in [5, 5.41) is 8.82. The van der Waals surface area contributed by atoms with E-state index in [1.165, 1.54) is 22.4 Å². The zero-order valence-corrected chi connectivity index (χ0v) is 13.4. The van der Waals surface area contributed by atoms with Crippen LogP contribution in [0.5, 0.6) is 0 Å². The van der Waals surface area contributed by atoms with Gasteiger partial charge in [-0.25, -0.2) is 0 Å². The summed E-state index contributed by atoms with van der Waals surface area (Å²) in [6.07, 6.45) is 1.01. The van der Waals surface area contributed by atoms with Crippen LogP contribution in [-0.2, 0) is 11.2 Å². The molecule has 0 radical (unpaired) electrons. The highest BCUT2D eigenvalue weighted by Crippen LogP contribution is 2.25. The van der Waals surface area contributed by atoms with Crippen molar-refractivity contribution in [3.63, 3.8) is 0 Å². The Balaban J connectivity index is 2.11. The van der Waals surface area contributed by atoms with E-state index in [1.54, 1.807) is 0 Å². The second kappa shape index (κ2) is 7.12. The number of hydrogen-bond donors (Lipinski definition) is 1. The van der Waals surface area contributed by atoms with E-state index in [0.29, 0.717) is 0 Å². The van der Waals surface area contributed by atoms with Gasteiger partial charge >= 0.3 is 5.97 Å². The summed E-state index contributed by atoms with van der Waals surface area (Å²) >= 11 is 0. The molecule has 2 rings (SSSR count). The van der Waals surface area contributed by atoms with Crippen molar-refractivity contribution >= 4 is 11.7 Å². The predicted octanol–water partition coefficient (Wildman–Crippen LogP) is 4.07. The lowest BCUT2D eigenvalue weighted by atomic mass is 9.96. The first-order valence-electron chi connectivity index (χ1n) is 7.54. The van der Waals surface area contributed by atoms with Crippen LogP contribution in [0.4, 0.5) is 5.69 Å². The molecular formula is C19H23NO2. The lowest BCUT2D eigenvalue weighted by Crippen LogP contribution is -2.08. The first-order valence-corrected chi connectivity index (χ1v) is 7.54. The van der Waals surface area contributed by atoms with Crippen LogP contribution >= 0.6 is 0 Å². The summed E-state index contributed by atoms with van der Waals surface area (Å²) in [5.41, 5.74) is 4.73. The van der Waals surface area contributed by atoms with Gasteiger partial charge in [0, 0.05) is 26.2 Å². The van der Waals surface area contributed by atoms with E-state index in [0.717, 1.165) is 6.42 Å². The average molecular weight is 297 g/mol. The van der Waals surface area contributed by atoms with Gasteiger partial charge in [-0.2, -0.15) is 0 Å². The Labute approximate surface area is 132 Å². The molecule has 1 atom stereocenters. The predicted molar refractivity (Wildman–Crippen MR) is 91.3 cm³/mol. The smallest absolute Gasteiger partial charge is 0.303 e. The van der Waals surface area contributed by atoms with E-state index >= 15 is 0 Å². The fraction of sp³-hybridized carbons (Fsp3) is 0.316. The van der Waals surface area contributed by atoms with E-state index in [2.05, 4.69) is 53.4 Å². The standard InChI is InChI=1S/C19H23NO2/c1-14(12-19(21)22)11-15-7-9-16(10-8-15)17-5-4-6-18(13-17)20(2)3/h4-10,13-14H,11-12H2,1-3H3,(H,21,22). The molecule has 0 saturated heterocycles. The van der Waals surface area contributed by atoms with Crippen LogP contribution in [0.2, 0.25) is 0 Å². The minimum atomic E-state index is -0.732. The monoisotopic (exact) mass is 297 g/mol. The summed E-state index contributed by atoms with van der Waals surface area (Å²) in [7, 11) is 4.07. The second-order valence-corrected chi connectivity index (χ2v) is 6.05. The van der Waals surface area contributed by atoms with Gasteiger partial charge in [-0.05, 0) is 41.2 Å². The number of hydrogen-bond acceptors (Lipinski definition) is 2. The average Bonchev–Trinajstić information content (AvgIpc) is 2.47. The number of nitrogens with zero attached hydrogens (tertiary/aromatic N) is 1. The van der Waals surface area contributed by atoms with Gasteiger partial charge in [0.15, 0.2) is 0 Å². The largest absolute Gasteiger partial charge is 0.481 e. The van der Waals surface area contributed by atoms with Gasteiger partial charge in [-0.3, -0.25) is 4.79 Å². The highest BCUT2D eigenvalue weighted by molar-refractivity contribution is 5.69. The fourth-order valence-corrected chi connectivity index (χ4v) is 2.57. The molecule has 0 spiro atoms. The molecule has 3 nitrogen and oxygen atoms in total. The lowest BCUT2D eigenvalue weighted by molar-refractivity contribution is -0.137. The number of benzene rings is 2. The number of carboxylic acids is 1. The van der Waals surface area contributed by atoms with Crippen molar-refractivity contribution in [2.45, 2.75) is 19.8 Å². The first kappa shape index (κ1) is 16.1. The number of aliphatic carboxylic acids is 1. The minimum Gasteiger partial charge on any atom is -0.481 e. The molecule has 116 valence electrons. The number of anilines is 1. The van der Waals surface area contributed by atoms with Crippen LogP contribution in [0.3, 0.4) is 0 Å². The summed E-state index contributed by atoms with van der Waals surface area (Å²) in [6, 6.07) is 16.8. The van der Waals surface area contributed by atoms with Crippen molar-refractivity contribution < 1.29 is 9.90 Å². The Hall–Kier alpha value is -2.29. The SMILES string of the molecule is CC(CC(=O)O)Cc1ccc(-c2cccc(N(C)C)c2)cc1. The van der Waals surface area contributed by atoms with Crippen LogP contribution in [0.1, 0.15) is 18.9 Å². The number of carbonyl (C=O) groups is 1. The molecule has 3 heteroatoms. The van der Waals surface area contributed by atoms with Gasteiger partial charge in [0.25, 0.3) is 0 Å². The molecule has 0 aliphatic heterocycles. The molecule has 0 fully saturated rings. The van der Waals surface area contributed by atoms with Crippen LogP contribution in [0, 0.1) is 5.92 Å². The molecular weight excluding hydrogens is 274 g/mol. The topological polar surface area (TPSA) is 40.5 Å². The summed E-state index contributed by atoms with van der Waals surface area (Å²) in [4.78, 5) is 12.8. The van der Waals surface area contributed by atoms with Crippen molar-refractivity contribution in [3.05, 3.63) is 54.1 Å². The quantitative estimate of drug-likeness (QED) is 0.873. The van der Waals surface area contributed by atoms with Crippen molar-refractivity contribution in [3.8, 4) is 11.1 Å². The third kappa shape index (κ3) is 4.35. The van der Waals surface area contributed by atoms with Crippen LogP contribution in [0.25, 0.3) is 11.1 Å². The molecule has 0 heterocycles. The molecule has 0 bridgehead atoms. The zero-order valence-electron chi connectivity index (χ0n) is 13.4. The highest BCUT2D eigenvalue weighted by atomic mass is 16.4. The van der Waals surface area contributed by atoms with Crippen molar-refractivity contribution in [2.24, 2.45) is 5.92 Å². The third-order valence-corrected chi connectivity index (χ3v) is 3.76. The van der Waals surface area contributed by atoms with Gasteiger partial charge in [-0.1, -0.05) is 43.3 Å². The van der Waals surface area contributed by atoms with Gasteiger partial charge < -0.3 is 10.0 Å². The molecule has 0 aromatic heterocycles. The van der Waals surface area contributed by atoms with E-state index in [-0.39, 0.29) is 12.3 Å². The summed E-state index contributed by atoms with van der Waals surface area (Å²) in [5.74, 6) is -0.579. The molecule has 0 saturated carbocycles. The molecule has 0 amide bonds.